The van der Waals surface area contributed by atoms with E-state index in [1.54, 1.807) is 11.9 Å². The number of methoxy groups -OCH3 is 1. The Labute approximate surface area is 114 Å². The zero-order valence-electron chi connectivity index (χ0n) is 12.0. The van der Waals surface area contributed by atoms with E-state index in [0.29, 0.717) is 13.0 Å². The maximum Gasteiger partial charge on any atom is 0.307 e. The second-order valence-electron chi connectivity index (χ2n) is 4.75. The molecular formula is C15H21NO3. The third-order valence-corrected chi connectivity index (χ3v) is 3.15. The number of amides is 1. The fourth-order valence-corrected chi connectivity index (χ4v) is 1.77. The average Bonchev–Trinajstić information content (AvgIpc) is 2.39. The van der Waals surface area contributed by atoms with E-state index in [4.69, 9.17) is 0 Å². The van der Waals surface area contributed by atoms with Crippen molar-refractivity contribution >= 4 is 11.9 Å². The van der Waals surface area contributed by atoms with Gasteiger partial charge in [-0.15, -0.1) is 0 Å². The van der Waals surface area contributed by atoms with Gasteiger partial charge < -0.3 is 9.64 Å². The minimum absolute atomic E-state index is 0.0117. The molecule has 0 aromatic heterocycles. The van der Waals surface area contributed by atoms with Gasteiger partial charge in [-0.1, -0.05) is 23.8 Å². The molecule has 0 bridgehead atoms. The highest BCUT2D eigenvalue weighted by Crippen LogP contribution is 2.12. The lowest BCUT2D eigenvalue weighted by Gasteiger charge is -2.17. The van der Waals surface area contributed by atoms with Crippen molar-refractivity contribution in [3.63, 3.8) is 0 Å². The van der Waals surface area contributed by atoms with Crippen molar-refractivity contribution in [3.05, 3.63) is 34.9 Å². The van der Waals surface area contributed by atoms with Crippen LogP contribution >= 0.6 is 0 Å². The molecule has 0 heterocycles. The van der Waals surface area contributed by atoms with Gasteiger partial charge >= 0.3 is 5.97 Å². The molecule has 4 heteroatoms. The largest absolute Gasteiger partial charge is 0.469 e. The molecule has 0 N–H and O–H groups in total. The molecule has 0 saturated heterocycles. The molecule has 0 atom stereocenters. The van der Waals surface area contributed by atoms with Crippen LogP contribution in [0.1, 0.15) is 23.1 Å². The van der Waals surface area contributed by atoms with Crippen LogP contribution in [0.2, 0.25) is 0 Å². The Morgan fingerprint density at radius 3 is 2.58 bits per heavy atom. The van der Waals surface area contributed by atoms with Crippen LogP contribution in [0.25, 0.3) is 0 Å². The van der Waals surface area contributed by atoms with Crippen molar-refractivity contribution < 1.29 is 14.3 Å². The smallest absolute Gasteiger partial charge is 0.307 e. The van der Waals surface area contributed by atoms with E-state index >= 15 is 0 Å². The molecular weight excluding hydrogens is 242 g/mol. The summed E-state index contributed by atoms with van der Waals surface area (Å²) in [4.78, 5) is 24.7. The number of esters is 1. The van der Waals surface area contributed by atoms with Crippen LogP contribution in [-0.2, 0) is 20.7 Å². The summed E-state index contributed by atoms with van der Waals surface area (Å²) in [5.74, 6) is -0.288. The van der Waals surface area contributed by atoms with Gasteiger partial charge in [0.2, 0.25) is 5.91 Å². The van der Waals surface area contributed by atoms with Crippen LogP contribution in [0.3, 0.4) is 0 Å². The second kappa shape index (κ2) is 6.92. The van der Waals surface area contributed by atoms with Crippen LogP contribution < -0.4 is 0 Å². The van der Waals surface area contributed by atoms with Crippen LogP contribution in [0.4, 0.5) is 0 Å². The number of likely N-dealkylation sites (N-methyl/N-ethyl adjacent to an activating group) is 1. The van der Waals surface area contributed by atoms with E-state index in [1.165, 1.54) is 7.11 Å². The third-order valence-electron chi connectivity index (χ3n) is 3.15. The third kappa shape index (κ3) is 4.73. The number of rotatable bonds is 5. The summed E-state index contributed by atoms with van der Waals surface area (Å²) in [6.45, 7) is 4.39. The fraction of sp³-hybridized carbons (Fsp3) is 0.467. The molecule has 0 aliphatic rings. The first kappa shape index (κ1) is 15.2. The maximum atomic E-state index is 12.1. The summed E-state index contributed by atoms with van der Waals surface area (Å²) in [7, 11) is 3.05. The Hall–Kier alpha value is -1.84. The number of nitrogens with zero attached hydrogens (tertiary/aromatic N) is 1. The lowest BCUT2D eigenvalue weighted by Crippen LogP contribution is -2.30. The number of ether oxygens (including phenoxy) is 1. The monoisotopic (exact) mass is 263 g/mol. The van der Waals surface area contributed by atoms with Crippen molar-refractivity contribution in [2.75, 3.05) is 20.7 Å². The molecule has 0 fully saturated rings. The van der Waals surface area contributed by atoms with Crippen molar-refractivity contribution in [2.24, 2.45) is 0 Å². The molecule has 0 spiro atoms. The Kier molecular flexibility index (Phi) is 5.55. The minimum atomic E-state index is -0.300. The van der Waals surface area contributed by atoms with Crippen molar-refractivity contribution in [3.8, 4) is 0 Å². The highest BCUT2D eigenvalue weighted by atomic mass is 16.5. The van der Waals surface area contributed by atoms with Gasteiger partial charge in [-0.3, -0.25) is 9.59 Å². The van der Waals surface area contributed by atoms with E-state index in [0.717, 1.165) is 16.7 Å². The fourth-order valence-electron chi connectivity index (χ4n) is 1.77. The number of benzene rings is 1. The zero-order valence-corrected chi connectivity index (χ0v) is 12.0. The predicted molar refractivity (Wildman–Crippen MR) is 73.9 cm³/mol. The topological polar surface area (TPSA) is 46.6 Å². The summed E-state index contributed by atoms with van der Waals surface area (Å²) < 4.78 is 4.56. The quantitative estimate of drug-likeness (QED) is 0.762. The van der Waals surface area contributed by atoms with Gasteiger partial charge in [0.1, 0.15) is 0 Å². The van der Waals surface area contributed by atoms with Gasteiger partial charge in [-0.05, 0) is 25.0 Å². The standard InChI is InChI=1S/C15H21NO3/c1-11-5-6-12(2)13(9-11)10-14(17)16(3)8-7-15(18)19-4/h5-6,9H,7-8,10H2,1-4H3. The molecule has 0 aliphatic heterocycles. The molecule has 104 valence electrons. The van der Waals surface area contributed by atoms with E-state index in [9.17, 15) is 9.59 Å². The summed E-state index contributed by atoms with van der Waals surface area (Å²) in [6.07, 6.45) is 0.594. The van der Waals surface area contributed by atoms with Crippen LogP contribution in [-0.4, -0.2) is 37.5 Å². The second-order valence-corrected chi connectivity index (χ2v) is 4.75. The van der Waals surface area contributed by atoms with E-state index < -0.39 is 0 Å². The summed E-state index contributed by atoms with van der Waals surface area (Å²) >= 11 is 0. The summed E-state index contributed by atoms with van der Waals surface area (Å²) in [5, 5.41) is 0. The van der Waals surface area contributed by atoms with Gasteiger partial charge in [0.25, 0.3) is 0 Å². The van der Waals surface area contributed by atoms with Crippen LogP contribution in [0.5, 0.6) is 0 Å². The number of carbonyl (C=O) groups is 2. The first-order valence-corrected chi connectivity index (χ1v) is 6.31. The van der Waals surface area contributed by atoms with Crippen LogP contribution in [0, 0.1) is 13.8 Å². The summed E-state index contributed by atoms with van der Waals surface area (Å²) in [6, 6.07) is 6.08. The molecule has 1 rings (SSSR count). The van der Waals surface area contributed by atoms with Gasteiger partial charge in [-0.25, -0.2) is 0 Å². The SMILES string of the molecule is COC(=O)CCN(C)C(=O)Cc1cc(C)ccc1C. The first-order chi connectivity index (χ1) is 8.93. The average molecular weight is 263 g/mol. The number of aryl methyl sites for hydroxylation is 2. The molecule has 1 aromatic carbocycles. The van der Waals surface area contributed by atoms with Gasteiger partial charge in [0, 0.05) is 13.6 Å². The zero-order chi connectivity index (χ0) is 14.4. The number of hydrogen-bond acceptors (Lipinski definition) is 3. The Morgan fingerprint density at radius 2 is 1.95 bits per heavy atom. The predicted octanol–water partition coefficient (Wildman–Crippen LogP) is 1.87. The van der Waals surface area contributed by atoms with Gasteiger partial charge in [0.05, 0.1) is 20.0 Å². The lowest BCUT2D eigenvalue weighted by atomic mass is 10.0. The molecule has 1 aromatic rings. The Balaban J connectivity index is 2.58. The Morgan fingerprint density at radius 1 is 1.26 bits per heavy atom. The van der Waals surface area contributed by atoms with Crippen molar-refractivity contribution in [1.82, 2.24) is 4.90 Å². The maximum absolute atomic E-state index is 12.1. The highest BCUT2D eigenvalue weighted by molar-refractivity contribution is 5.79. The molecule has 0 aliphatic carbocycles. The molecule has 4 nitrogen and oxygen atoms in total. The van der Waals surface area contributed by atoms with Gasteiger partial charge in [0.15, 0.2) is 0 Å². The normalized spacial score (nSPS) is 10.1. The molecule has 19 heavy (non-hydrogen) atoms. The molecule has 0 radical (unpaired) electrons. The number of hydrogen-bond donors (Lipinski definition) is 0. The molecule has 0 unspecified atom stereocenters. The van der Waals surface area contributed by atoms with E-state index in [2.05, 4.69) is 4.74 Å². The highest BCUT2D eigenvalue weighted by Gasteiger charge is 2.12. The Bertz CT molecular complexity index is 468. The first-order valence-electron chi connectivity index (χ1n) is 6.31. The van der Waals surface area contributed by atoms with E-state index in [1.807, 2.05) is 32.0 Å². The van der Waals surface area contributed by atoms with Gasteiger partial charge in [-0.2, -0.15) is 0 Å². The molecule has 1 amide bonds. The van der Waals surface area contributed by atoms with E-state index in [-0.39, 0.29) is 18.3 Å². The van der Waals surface area contributed by atoms with Crippen LogP contribution in [0.15, 0.2) is 18.2 Å². The lowest BCUT2D eigenvalue weighted by molar-refractivity contribution is -0.141. The minimum Gasteiger partial charge on any atom is -0.469 e. The number of carbonyl (C=O) groups excluding carboxylic acids is 2. The molecule has 0 saturated carbocycles. The summed E-state index contributed by atoms with van der Waals surface area (Å²) in [5.41, 5.74) is 3.29. The van der Waals surface area contributed by atoms with Crippen molar-refractivity contribution in [1.29, 1.82) is 0 Å². The van der Waals surface area contributed by atoms with Crippen molar-refractivity contribution in [2.45, 2.75) is 26.7 Å².